The lowest BCUT2D eigenvalue weighted by Gasteiger charge is -2.18. The van der Waals surface area contributed by atoms with Crippen molar-refractivity contribution < 1.29 is 23.8 Å². The molecular formula is C33H33NO5. The van der Waals surface area contributed by atoms with Gasteiger partial charge >= 0.3 is 5.97 Å². The van der Waals surface area contributed by atoms with Gasteiger partial charge in [0.15, 0.2) is 0 Å². The minimum atomic E-state index is -0.837. The molecule has 1 unspecified atom stereocenters. The average molecular weight is 524 g/mol. The van der Waals surface area contributed by atoms with E-state index in [1.165, 1.54) is 7.11 Å². The van der Waals surface area contributed by atoms with Crippen LogP contribution in [-0.2, 0) is 22.6 Å². The predicted octanol–water partition coefficient (Wildman–Crippen LogP) is 6.23. The molecule has 4 aromatic carbocycles. The lowest BCUT2D eigenvalue weighted by Crippen LogP contribution is -2.43. The lowest BCUT2D eigenvalue weighted by atomic mass is 10.0. The largest absolute Gasteiger partial charge is 0.489 e. The third kappa shape index (κ3) is 7.71. The molecule has 0 saturated carbocycles. The quantitative estimate of drug-likeness (QED) is 0.236. The number of rotatable bonds is 11. The molecule has 6 nitrogen and oxygen atoms in total. The van der Waals surface area contributed by atoms with Gasteiger partial charge in [-0.3, -0.25) is 4.79 Å². The zero-order chi connectivity index (χ0) is 27.6. The van der Waals surface area contributed by atoms with Gasteiger partial charge in [-0.15, -0.1) is 0 Å². The van der Waals surface area contributed by atoms with E-state index in [2.05, 4.69) is 18.3 Å². The number of carbonyl (C=O) groups excluding carboxylic acids is 2. The first kappa shape index (κ1) is 27.5. The SMILES string of the molecule is COC(=O)[C@H](Cc1ccc(OCc2ccccc2)cc1)NC(=O)c1ccc(OC(C)c2ccccc2C)cc1. The summed E-state index contributed by atoms with van der Waals surface area (Å²) < 4.78 is 16.9. The first-order chi connectivity index (χ1) is 18.9. The van der Waals surface area contributed by atoms with Gasteiger partial charge in [-0.2, -0.15) is 0 Å². The molecule has 0 aliphatic heterocycles. The van der Waals surface area contributed by atoms with Crippen molar-refractivity contribution in [3.8, 4) is 11.5 Å². The van der Waals surface area contributed by atoms with Gasteiger partial charge in [-0.25, -0.2) is 4.79 Å². The highest BCUT2D eigenvalue weighted by Gasteiger charge is 2.23. The van der Waals surface area contributed by atoms with E-state index < -0.39 is 12.0 Å². The molecule has 0 aromatic heterocycles. The fourth-order valence-electron chi connectivity index (χ4n) is 4.27. The van der Waals surface area contributed by atoms with Crippen LogP contribution in [0.4, 0.5) is 0 Å². The summed E-state index contributed by atoms with van der Waals surface area (Å²) in [6, 6.07) is 31.5. The fraction of sp³-hybridized carbons (Fsp3) is 0.212. The van der Waals surface area contributed by atoms with Gasteiger partial charge in [0.05, 0.1) is 7.11 Å². The van der Waals surface area contributed by atoms with Gasteiger partial charge in [-0.05, 0) is 72.5 Å². The number of benzene rings is 4. The number of methoxy groups -OCH3 is 1. The van der Waals surface area contributed by atoms with Gasteiger partial charge in [0.25, 0.3) is 5.91 Å². The maximum absolute atomic E-state index is 13.0. The molecule has 0 aliphatic rings. The Morgan fingerprint density at radius 3 is 2.08 bits per heavy atom. The summed E-state index contributed by atoms with van der Waals surface area (Å²) in [5.74, 6) is 0.494. The molecule has 0 saturated heterocycles. The summed E-state index contributed by atoms with van der Waals surface area (Å²) in [4.78, 5) is 25.4. The Labute approximate surface area is 229 Å². The Hall–Kier alpha value is -4.58. The van der Waals surface area contributed by atoms with Crippen LogP contribution >= 0.6 is 0 Å². The number of esters is 1. The van der Waals surface area contributed by atoms with Crippen molar-refractivity contribution >= 4 is 11.9 Å². The normalized spacial score (nSPS) is 12.2. The van der Waals surface area contributed by atoms with Gasteiger partial charge in [-0.1, -0.05) is 66.7 Å². The van der Waals surface area contributed by atoms with Gasteiger partial charge in [0, 0.05) is 12.0 Å². The Morgan fingerprint density at radius 1 is 0.769 bits per heavy atom. The molecule has 200 valence electrons. The second kappa shape index (κ2) is 13.3. The highest BCUT2D eigenvalue weighted by Crippen LogP contribution is 2.24. The van der Waals surface area contributed by atoms with Crippen LogP contribution in [0.15, 0.2) is 103 Å². The fourth-order valence-corrected chi connectivity index (χ4v) is 4.27. The summed E-state index contributed by atoms with van der Waals surface area (Å²) in [5.41, 5.74) is 4.63. The van der Waals surface area contributed by atoms with E-state index in [0.29, 0.717) is 17.9 Å². The average Bonchev–Trinajstić information content (AvgIpc) is 2.97. The molecule has 0 aliphatic carbocycles. The van der Waals surface area contributed by atoms with Gasteiger partial charge < -0.3 is 19.5 Å². The maximum Gasteiger partial charge on any atom is 0.328 e. The number of amides is 1. The van der Waals surface area contributed by atoms with E-state index >= 15 is 0 Å². The number of hydrogen-bond acceptors (Lipinski definition) is 5. The van der Waals surface area contributed by atoms with Crippen molar-refractivity contribution in [1.82, 2.24) is 5.32 Å². The Morgan fingerprint density at radius 2 is 1.41 bits per heavy atom. The van der Waals surface area contributed by atoms with Crippen LogP contribution in [0.3, 0.4) is 0 Å². The number of ether oxygens (including phenoxy) is 3. The summed E-state index contributed by atoms with van der Waals surface area (Å²) >= 11 is 0. The second-order valence-electron chi connectivity index (χ2n) is 9.31. The van der Waals surface area contributed by atoms with Crippen molar-refractivity contribution in [3.05, 3.63) is 131 Å². The highest BCUT2D eigenvalue weighted by molar-refractivity contribution is 5.96. The standard InChI is InChI=1S/C33H33NO5/c1-23-9-7-8-12-30(23)24(2)39-29-19-15-27(16-20-29)32(35)34-31(33(36)37-3)21-25-13-17-28(18-14-25)38-22-26-10-5-4-6-11-26/h4-20,24,31H,21-22H2,1-3H3,(H,34,35)/t24?,31-/m0/s1. The minimum absolute atomic E-state index is 0.135. The van der Waals surface area contributed by atoms with E-state index in [0.717, 1.165) is 28.0 Å². The summed E-state index contributed by atoms with van der Waals surface area (Å²) in [6.07, 6.45) is 0.150. The highest BCUT2D eigenvalue weighted by atomic mass is 16.5. The van der Waals surface area contributed by atoms with E-state index in [4.69, 9.17) is 14.2 Å². The molecule has 0 fully saturated rings. The van der Waals surface area contributed by atoms with Crippen LogP contribution in [-0.4, -0.2) is 25.0 Å². The van der Waals surface area contributed by atoms with Crippen LogP contribution in [0.5, 0.6) is 11.5 Å². The zero-order valence-corrected chi connectivity index (χ0v) is 22.4. The van der Waals surface area contributed by atoms with Crippen molar-refractivity contribution in [3.63, 3.8) is 0 Å². The Balaban J connectivity index is 1.35. The number of nitrogens with one attached hydrogen (secondary N) is 1. The summed E-state index contributed by atoms with van der Waals surface area (Å²) in [6.45, 7) is 4.51. The van der Waals surface area contributed by atoms with Crippen LogP contribution < -0.4 is 14.8 Å². The molecule has 0 heterocycles. The first-order valence-electron chi connectivity index (χ1n) is 12.9. The van der Waals surface area contributed by atoms with Crippen LogP contribution in [0.1, 0.15) is 45.6 Å². The van der Waals surface area contributed by atoms with Crippen LogP contribution in [0, 0.1) is 6.92 Å². The molecule has 6 heteroatoms. The van der Waals surface area contributed by atoms with Crippen molar-refractivity contribution in [2.45, 2.75) is 39.0 Å². The monoisotopic (exact) mass is 523 g/mol. The lowest BCUT2D eigenvalue weighted by molar-refractivity contribution is -0.142. The number of carbonyl (C=O) groups is 2. The Kier molecular flexibility index (Phi) is 9.35. The topological polar surface area (TPSA) is 73.9 Å². The van der Waals surface area contributed by atoms with Crippen molar-refractivity contribution in [2.24, 2.45) is 0 Å². The summed E-state index contributed by atoms with van der Waals surface area (Å²) in [7, 11) is 1.31. The number of aryl methyl sites for hydroxylation is 1. The Bertz CT molecular complexity index is 1370. The predicted molar refractivity (Wildman–Crippen MR) is 151 cm³/mol. The third-order valence-corrected chi connectivity index (χ3v) is 6.46. The molecular weight excluding hydrogens is 490 g/mol. The molecule has 2 atom stereocenters. The van der Waals surface area contributed by atoms with Crippen LogP contribution in [0.2, 0.25) is 0 Å². The molecule has 0 bridgehead atoms. The molecule has 0 spiro atoms. The smallest absolute Gasteiger partial charge is 0.328 e. The minimum Gasteiger partial charge on any atom is -0.489 e. The maximum atomic E-state index is 13.0. The van der Waals surface area contributed by atoms with E-state index in [9.17, 15) is 9.59 Å². The molecule has 4 rings (SSSR count). The van der Waals surface area contributed by atoms with Gasteiger partial charge in [0.2, 0.25) is 0 Å². The number of hydrogen-bond donors (Lipinski definition) is 1. The second-order valence-corrected chi connectivity index (χ2v) is 9.31. The molecule has 1 amide bonds. The first-order valence-corrected chi connectivity index (χ1v) is 12.9. The van der Waals surface area contributed by atoms with E-state index in [1.807, 2.05) is 79.7 Å². The summed E-state index contributed by atoms with van der Waals surface area (Å²) in [5, 5.41) is 2.80. The molecule has 0 radical (unpaired) electrons. The third-order valence-electron chi connectivity index (χ3n) is 6.46. The van der Waals surface area contributed by atoms with Gasteiger partial charge in [0.1, 0.15) is 30.3 Å². The zero-order valence-electron chi connectivity index (χ0n) is 22.4. The van der Waals surface area contributed by atoms with Crippen molar-refractivity contribution in [2.75, 3.05) is 7.11 Å². The molecule has 1 N–H and O–H groups in total. The van der Waals surface area contributed by atoms with Crippen molar-refractivity contribution in [1.29, 1.82) is 0 Å². The van der Waals surface area contributed by atoms with E-state index in [1.54, 1.807) is 24.3 Å². The molecule has 39 heavy (non-hydrogen) atoms. The van der Waals surface area contributed by atoms with E-state index in [-0.39, 0.29) is 18.4 Å². The molecule has 4 aromatic rings. The van der Waals surface area contributed by atoms with Crippen LogP contribution in [0.25, 0.3) is 0 Å².